The number of methoxy groups -OCH3 is 1. The molecule has 0 fully saturated rings. The molecule has 0 bridgehead atoms. The van der Waals surface area contributed by atoms with Crippen LogP contribution in [0.15, 0.2) is 29.6 Å². The lowest BCUT2D eigenvalue weighted by Crippen LogP contribution is -2.14. The molecule has 104 valence electrons. The van der Waals surface area contributed by atoms with Crippen molar-refractivity contribution in [2.75, 3.05) is 12.4 Å². The molecule has 1 heterocycles. The number of rotatable bonds is 3. The van der Waals surface area contributed by atoms with Crippen LogP contribution in [0, 0.1) is 10.5 Å². The average Bonchev–Trinajstić information content (AvgIpc) is 2.80. The number of carbonyl (C=O) groups is 2. The first-order chi connectivity index (χ1) is 9.52. The van der Waals surface area contributed by atoms with Gasteiger partial charge in [-0.25, -0.2) is 4.79 Å². The summed E-state index contributed by atoms with van der Waals surface area (Å²) < 4.78 is 5.77. The maximum Gasteiger partial charge on any atom is 0.350 e. The van der Waals surface area contributed by atoms with Crippen LogP contribution in [0.1, 0.15) is 25.6 Å². The SMILES string of the molecule is COC(=O)c1scc(C)c1NC(=O)c1ccc(I)cc1. The normalized spacial score (nSPS) is 10.2. The van der Waals surface area contributed by atoms with Crippen molar-refractivity contribution in [3.05, 3.63) is 49.2 Å². The molecular formula is C14H12INO3S. The minimum atomic E-state index is -0.444. The summed E-state index contributed by atoms with van der Waals surface area (Å²) in [5.74, 6) is -0.686. The van der Waals surface area contributed by atoms with Gasteiger partial charge in [-0.1, -0.05) is 0 Å². The quantitative estimate of drug-likeness (QED) is 0.631. The van der Waals surface area contributed by atoms with Crippen molar-refractivity contribution in [1.29, 1.82) is 0 Å². The zero-order valence-corrected chi connectivity index (χ0v) is 13.9. The van der Waals surface area contributed by atoms with Gasteiger partial charge in [-0.2, -0.15) is 0 Å². The fraction of sp³-hybridized carbons (Fsp3) is 0.143. The van der Waals surface area contributed by atoms with E-state index in [0.717, 1.165) is 9.13 Å². The summed E-state index contributed by atoms with van der Waals surface area (Å²) in [4.78, 5) is 24.2. The zero-order valence-electron chi connectivity index (χ0n) is 10.9. The summed E-state index contributed by atoms with van der Waals surface area (Å²) >= 11 is 3.43. The van der Waals surface area contributed by atoms with Gasteiger partial charge in [0.15, 0.2) is 0 Å². The second kappa shape index (κ2) is 6.36. The van der Waals surface area contributed by atoms with Crippen LogP contribution in [-0.4, -0.2) is 19.0 Å². The van der Waals surface area contributed by atoms with Gasteiger partial charge in [0.1, 0.15) is 4.88 Å². The molecule has 0 aliphatic rings. The molecule has 0 radical (unpaired) electrons. The van der Waals surface area contributed by atoms with Gasteiger partial charge in [0.2, 0.25) is 0 Å². The van der Waals surface area contributed by atoms with E-state index in [1.54, 1.807) is 12.1 Å². The third kappa shape index (κ3) is 3.18. The van der Waals surface area contributed by atoms with Gasteiger partial charge in [0.25, 0.3) is 5.91 Å². The summed E-state index contributed by atoms with van der Waals surface area (Å²) in [5.41, 5.74) is 1.91. The van der Waals surface area contributed by atoms with Crippen LogP contribution in [0.2, 0.25) is 0 Å². The monoisotopic (exact) mass is 401 g/mol. The van der Waals surface area contributed by atoms with E-state index in [2.05, 4.69) is 27.9 Å². The number of esters is 1. The Hall–Kier alpha value is -1.41. The minimum Gasteiger partial charge on any atom is -0.465 e. The Morgan fingerprint density at radius 3 is 2.50 bits per heavy atom. The third-order valence-corrected chi connectivity index (χ3v) is 4.49. The van der Waals surface area contributed by atoms with E-state index in [1.165, 1.54) is 18.4 Å². The average molecular weight is 401 g/mol. The Bertz CT molecular complexity index is 649. The van der Waals surface area contributed by atoms with Crippen molar-refractivity contribution in [3.63, 3.8) is 0 Å². The molecule has 6 heteroatoms. The van der Waals surface area contributed by atoms with Gasteiger partial charge in [-0.05, 0) is 64.7 Å². The molecule has 20 heavy (non-hydrogen) atoms. The standard InChI is InChI=1S/C14H12INO3S/c1-8-7-20-12(14(18)19-2)11(8)16-13(17)9-3-5-10(15)6-4-9/h3-7H,1-2H3,(H,16,17). The first-order valence-electron chi connectivity index (χ1n) is 5.76. The number of hydrogen-bond donors (Lipinski definition) is 1. The molecule has 1 aromatic carbocycles. The molecule has 0 unspecified atom stereocenters. The van der Waals surface area contributed by atoms with Gasteiger partial charge in [0, 0.05) is 9.13 Å². The lowest BCUT2D eigenvalue weighted by atomic mass is 10.2. The van der Waals surface area contributed by atoms with Crippen LogP contribution in [0.5, 0.6) is 0 Å². The molecule has 0 atom stereocenters. The van der Waals surface area contributed by atoms with Crippen molar-refractivity contribution < 1.29 is 14.3 Å². The molecule has 0 aliphatic heterocycles. The highest BCUT2D eigenvalue weighted by molar-refractivity contribution is 14.1. The van der Waals surface area contributed by atoms with Crippen molar-refractivity contribution in [2.45, 2.75) is 6.92 Å². The molecule has 4 nitrogen and oxygen atoms in total. The van der Waals surface area contributed by atoms with Crippen LogP contribution < -0.4 is 5.32 Å². The highest BCUT2D eigenvalue weighted by atomic mass is 127. The summed E-state index contributed by atoms with van der Waals surface area (Å²) in [6.07, 6.45) is 0. The number of amides is 1. The lowest BCUT2D eigenvalue weighted by molar-refractivity contribution is 0.0607. The van der Waals surface area contributed by atoms with Crippen molar-refractivity contribution in [2.24, 2.45) is 0 Å². The largest absolute Gasteiger partial charge is 0.465 e. The number of ether oxygens (including phenoxy) is 1. The van der Waals surface area contributed by atoms with Crippen LogP contribution in [0.25, 0.3) is 0 Å². The number of anilines is 1. The minimum absolute atomic E-state index is 0.243. The Morgan fingerprint density at radius 2 is 1.90 bits per heavy atom. The number of aryl methyl sites for hydroxylation is 1. The highest BCUT2D eigenvalue weighted by Gasteiger charge is 2.19. The Labute approximate surface area is 134 Å². The maximum atomic E-state index is 12.2. The van der Waals surface area contributed by atoms with Gasteiger partial charge in [0.05, 0.1) is 12.8 Å². The molecule has 1 aromatic heterocycles. The lowest BCUT2D eigenvalue weighted by Gasteiger charge is -2.07. The van der Waals surface area contributed by atoms with Crippen molar-refractivity contribution in [3.8, 4) is 0 Å². The van der Waals surface area contributed by atoms with E-state index in [1.807, 2.05) is 24.4 Å². The van der Waals surface area contributed by atoms with Gasteiger partial charge < -0.3 is 10.1 Å². The highest BCUT2D eigenvalue weighted by Crippen LogP contribution is 2.28. The molecule has 2 rings (SSSR count). The molecule has 1 amide bonds. The van der Waals surface area contributed by atoms with E-state index in [-0.39, 0.29) is 5.91 Å². The fourth-order valence-electron chi connectivity index (χ4n) is 1.63. The van der Waals surface area contributed by atoms with Crippen molar-refractivity contribution >= 4 is 51.5 Å². The molecule has 0 aliphatic carbocycles. The molecule has 1 N–H and O–H groups in total. The molecule has 0 spiro atoms. The Morgan fingerprint density at radius 1 is 1.25 bits per heavy atom. The third-order valence-electron chi connectivity index (χ3n) is 2.69. The molecule has 2 aromatic rings. The molecular weight excluding hydrogens is 389 g/mol. The second-order valence-corrected chi connectivity index (χ2v) is 6.20. The Kier molecular flexibility index (Phi) is 4.77. The van der Waals surface area contributed by atoms with Gasteiger partial charge in [-0.15, -0.1) is 11.3 Å². The second-order valence-electron chi connectivity index (χ2n) is 4.08. The topological polar surface area (TPSA) is 55.4 Å². The van der Waals surface area contributed by atoms with Crippen molar-refractivity contribution in [1.82, 2.24) is 0 Å². The number of benzene rings is 1. The van der Waals surface area contributed by atoms with Gasteiger partial charge >= 0.3 is 5.97 Å². The van der Waals surface area contributed by atoms with E-state index < -0.39 is 5.97 Å². The van der Waals surface area contributed by atoms with E-state index in [9.17, 15) is 9.59 Å². The van der Waals surface area contributed by atoms with Crippen LogP contribution in [-0.2, 0) is 4.74 Å². The molecule has 0 saturated heterocycles. The smallest absolute Gasteiger partial charge is 0.350 e. The van der Waals surface area contributed by atoms with E-state index >= 15 is 0 Å². The summed E-state index contributed by atoms with van der Waals surface area (Å²) in [6, 6.07) is 7.21. The number of hydrogen-bond acceptors (Lipinski definition) is 4. The first kappa shape index (κ1) is 15.0. The van der Waals surface area contributed by atoms with Crippen LogP contribution in [0.4, 0.5) is 5.69 Å². The number of thiophene rings is 1. The fourth-order valence-corrected chi connectivity index (χ4v) is 2.91. The molecule has 0 saturated carbocycles. The predicted octanol–water partition coefficient (Wildman–Crippen LogP) is 3.70. The van der Waals surface area contributed by atoms with Crippen LogP contribution >= 0.6 is 33.9 Å². The van der Waals surface area contributed by atoms with Crippen LogP contribution in [0.3, 0.4) is 0 Å². The summed E-state index contributed by atoms with van der Waals surface area (Å²) in [7, 11) is 1.32. The zero-order chi connectivity index (χ0) is 14.7. The first-order valence-corrected chi connectivity index (χ1v) is 7.72. The summed E-state index contributed by atoms with van der Waals surface area (Å²) in [6.45, 7) is 1.84. The van der Waals surface area contributed by atoms with Gasteiger partial charge in [-0.3, -0.25) is 4.79 Å². The Balaban J connectivity index is 2.26. The summed E-state index contributed by atoms with van der Waals surface area (Å²) in [5, 5.41) is 4.59. The number of nitrogens with one attached hydrogen (secondary N) is 1. The van der Waals surface area contributed by atoms with E-state index in [0.29, 0.717) is 16.1 Å². The van der Waals surface area contributed by atoms with E-state index in [4.69, 9.17) is 4.74 Å². The predicted molar refractivity (Wildman–Crippen MR) is 87.5 cm³/mol. The number of halogens is 1. The maximum absolute atomic E-state index is 12.2. The number of carbonyl (C=O) groups excluding carboxylic acids is 2.